The SMILES string of the molecule is COCCCCC#Cc1cccc(CCCN)c1.Cl. The lowest BCUT2D eigenvalue weighted by molar-refractivity contribution is 0.193. The number of aryl methyl sites for hydroxylation is 1. The van der Waals surface area contributed by atoms with Gasteiger partial charge in [0.15, 0.2) is 0 Å². The van der Waals surface area contributed by atoms with Crippen LogP contribution in [-0.2, 0) is 11.2 Å². The first-order valence-electron chi connectivity index (χ1n) is 6.63. The van der Waals surface area contributed by atoms with Crippen LogP contribution in [0.2, 0.25) is 0 Å². The number of nitrogens with two attached hydrogens (primary N) is 1. The molecule has 106 valence electrons. The van der Waals surface area contributed by atoms with Gasteiger partial charge in [0, 0.05) is 25.7 Å². The first-order chi connectivity index (χ1) is 8.86. The molecular weight excluding hydrogens is 258 g/mol. The van der Waals surface area contributed by atoms with Crippen LogP contribution in [0.5, 0.6) is 0 Å². The molecule has 1 rings (SSSR count). The third-order valence-electron chi connectivity index (χ3n) is 2.73. The molecule has 0 bridgehead atoms. The van der Waals surface area contributed by atoms with Gasteiger partial charge in [-0.25, -0.2) is 0 Å². The molecule has 0 atom stereocenters. The van der Waals surface area contributed by atoms with Gasteiger partial charge in [0.05, 0.1) is 0 Å². The summed E-state index contributed by atoms with van der Waals surface area (Å²) in [6.45, 7) is 1.58. The van der Waals surface area contributed by atoms with Gasteiger partial charge in [-0.1, -0.05) is 24.0 Å². The number of methoxy groups -OCH3 is 1. The van der Waals surface area contributed by atoms with Gasteiger partial charge < -0.3 is 10.5 Å². The van der Waals surface area contributed by atoms with E-state index >= 15 is 0 Å². The van der Waals surface area contributed by atoms with Crippen LogP contribution < -0.4 is 5.73 Å². The lowest BCUT2D eigenvalue weighted by atomic mass is 10.1. The largest absolute Gasteiger partial charge is 0.385 e. The van der Waals surface area contributed by atoms with Crippen molar-refractivity contribution in [3.8, 4) is 11.8 Å². The highest BCUT2D eigenvalue weighted by Crippen LogP contribution is 2.06. The van der Waals surface area contributed by atoms with Crippen molar-refractivity contribution in [1.82, 2.24) is 0 Å². The van der Waals surface area contributed by atoms with Crippen molar-refractivity contribution in [1.29, 1.82) is 0 Å². The van der Waals surface area contributed by atoms with Gasteiger partial charge in [-0.2, -0.15) is 0 Å². The first kappa shape index (κ1) is 18.0. The molecule has 2 nitrogen and oxygen atoms in total. The molecule has 0 aliphatic heterocycles. The zero-order valence-electron chi connectivity index (χ0n) is 11.7. The third-order valence-corrected chi connectivity index (χ3v) is 2.73. The van der Waals surface area contributed by atoms with Gasteiger partial charge in [0.1, 0.15) is 0 Å². The monoisotopic (exact) mass is 281 g/mol. The van der Waals surface area contributed by atoms with Gasteiger partial charge in [0.25, 0.3) is 0 Å². The summed E-state index contributed by atoms with van der Waals surface area (Å²) in [5, 5.41) is 0. The summed E-state index contributed by atoms with van der Waals surface area (Å²) < 4.78 is 5.00. The first-order valence-corrected chi connectivity index (χ1v) is 6.63. The molecule has 1 aromatic carbocycles. The highest BCUT2D eigenvalue weighted by Gasteiger charge is 1.93. The molecule has 1 aromatic rings. The highest BCUT2D eigenvalue weighted by atomic mass is 35.5. The Morgan fingerprint density at radius 2 is 2.05 bits per heavy atom. The minimum absolute atomic E-state index is 0. The molecular formula is C16H24ClNO. The molecule has 0 saturated carbocycles. The van der Waals surface area contributed by atoms with Crippen molar-refractivity contribution in [2.75, 3.05) is 20.3 Å². The van der Waals surface area contributed by atoms with E-state index in [0.29, 0.717) is 0 Å². The van der Waals surface area contributed by atoms with Crippen LogP contribution in [0.25, 0.3) is 0 Å². The second-order valence-electron chi connectivity index (χ2n) is 4.34. The normalized spacial score (nSPS) is 9.37. The maximum Gasteiger partial charge on any atom is 0.0462 e. The Bertz CT molecular complexity index is 395. The summed E-state index contributed by atoms with van der Waals surface area (Å²) in [4.78, 5) is 0. The fourth-order valence-electron chi connectivity index (χ4n) is 1.74. The van der Waals surface area contributed by atoms with E-state index in [-0.39, 0.29) is 12.4 Å². The van der Waals surface area contributed by atoms with Crippen molar-refractivity contribution >= 4 is 12.4 Å². The molecule has 0 unspecified atom stereocenters. The van der Waals surface area contributed by atoms with Crippen LogP contribution in [0.15, 0.2) is 24.3 Å². The summed E-state index contributed by atoms with van der Waals surface area (Å²) in [5.74, 6) is 6.43. The number of unbranched alkanes of at least 4 members (excludes halogenated alkanes) is 2. The van der Waals surface area contributed by atoms with E-state index in [4.69, 9.17) is 10.5 Å². The van der Waals surface area contributed by atoms with Crippen LogP contribution in [0.1, 0.15) is 36.8 Å². The Kier molecular flexibility index (Phi) is 11.4. The van der Waals surface area contributed by atoms with Crippen LogP contribution in [-0.4, -0.2) is 20.3 Å². The fraction of sp³-hybridized carbons (Fsp3) is 0.500. The minimum atomic E-state index is 0. The molecule has 2 N–H and O–H groups in total. The molecule has 0 spiro atoms. The average molecular weight is 282 g/mol. The van der Waals surface area contributed by atoms with E-state index in [9.17, 15) is 0 Å². The third kappa shape index (κ3) is 8.67. The number of benzene rings is 1. The summed E-state index contributed by atoms with van der Waals surface area (Å²) in [7, 11) is 1.73. The second-order valence-corrected chi connectivity index (χ2v) is 4.34. The summed E-state index contributed by atoms with van der Waals surface area (Å²) in [6.07, 6.45) is 5.21. The van der Waals surface area contributed by atoms with Crippen LogP contribution in [0, 0.1) is 11.8 Å². The Morgan fingerprint density at radius 1 is 1.21 bits per heavy atom. The number of rotatable bonds is 7. The Morgan fingerprint density at radius 3 is 2.79 bits per heavy atom. The Hall–Kier alpha value is -1.01. The van der Waals surface area contributed by atoms with Crippen LogP contribution in [0.3, 0.4) is 0 Å². The Balaban J connectivity index is 0.00000324. The lowest BCUT2D eigenvalue weighted by Gasteiger charge is -2.00. The quantitative estimate of drug-likeness (QED) is 0.615. The molecule has 3 heteroatoms. The van der Waals surface area contributed by atoms with Crippen molar-refractivity contribution in [2.24, 2.45) is 5.73 Å². The van der Waals surface area contributed by atoms with E-state index in [0.717, 1.165) is 50.8 Å². The van der Waals surface area contributed by atoms with E-state index in [1.54, 1.807) is 7.11 Å². The molecule has 0 amide bonds. The van der Waals surface area contributed by atoms with Crippen LogP contribution in [0.4, 0.5) is 0 Å². The Labute approximate surface area is 123 Å². The van der Waals surface area contributed by atoms with E-state index in [1.165, 1.54) is 5.56 Å². The zero-order chi connectivity index (χ0) is 13.1. The van der Waals surface area contributed by atoms with Gasteiger partial charge in [-0.3, -0.25) is 0 Å². The standard InChI is InChI=1S/C16H23NO.ClH/c1-18-13-5-3-2-4-8-15-9-6-10-16(14-15)11-7-12-17;/h6,9-10,14H,2-3,5,7,11-13,17H2,1H3;1H. The molecule has 0 aromatic heterocycles. The smallest absolute Gasteiger partial charge is 0.0462 e. The molecule has 0 aliphatic rings. The average Bonchev–Trinajstić information content (AvgIpc) is 2.41. The van der Waals surface area contributed by atoms with Gasteiger partial charge >= 0.3 is 0 Å². The fourth-order valence-corrected chi connectivity index (χ4v) is 1.74. The summed E-state index contributed by atoms with van der Waals surface area (Å²) in [6, 6.07) is 8.44. The summed E-state index contributed by atoms with van der Waals surface area (Å²) in [5.41, 5.74) is 7.95. The van der Waals surface area contributed by atoms with Gasteiger partial charge in [-0.05, 0) is 49.9 Å². The topological polar surface area (TPSA) is 35.2 Å². The predicted octanol–water partition coefficient (Wildman–Crippen LogP) is 3.17. The minimum Gasteiger partial charge on any atom is -0.385 e. The second kappa shape index (κ2) is 12.0. The van der Waals surface area contributed by atoms with Crippen LogP contribution >= 0.6 is 12.4 Å². The predicted molar refractivity (Wildman–Crippen MR) is 83.7 cm³/mol. The number of ether oxygens (including phenoxy) is 1. The van der Waals surface area contributed by atoms with Gasteiger partial charge in [-0.15, -0.1) is 12.4 Å². The molecule has 0 heterocycles. The van der Waals surface area contributed by atoms with Gasteiger partial charge in [0.2, 0.25) is 0 Å². The maximum atomic E-state index is 5.51. The number of hydrogen-bond acceptors (Lipinski definition) is 2. The molecule has 0 saturated heterocycles. The zero-order valence-corrected chi connectivity index (χ0v) is 12.5. The molecule has 0 fully saturated rings. The van der Waals surface area contributed by atoms with Crippen molar-refractivity contribution in [2.45, 2.75) is 32.1 Å². The number of halogens is 1. The van der Waals surface area contributed by atoms with E-state index < -0.39 is 0 Å². The lowest BCUT2D eigenvalue weighted by Crippen LogP contribution is -2.00. The van der Waals surface area contributed by atoms with E-state index in [2.05, 4.69) is 36.1 Å². The van der Waals surface area contributed by atoms with Crippen molar-refractivity contribution in [3.63, 3.8) is 0 Å². The maximum absolute atomic E-state index is 5.51. The molecule has 19 heavy (non-hydrogen) atoms. The number of hydrogen-bond donors (Lipinski definition) is 1. The van der Waals surface area contributed by atoms with Crippen molar-refractivity contribution in [3.05, 3.63) is 35.4 Å². The molecule has 0 aliphatic carbocycles. The van der Waals surface area contributed by atoms with E-state index in [1.807, 2.05) is 0 Å². The van der Waals surface area contributed by atoms with Crippen molar-refractivity contribution < 1.29 is 4.74 Å². The summed E-state index contributed by atoms with van der Waals surface area (Å²) >= 11 is 0. The highest BCUT2D eigenvalue weighted by molar-refractivity contribution is 5.85. The molecule has 0 radical (unpaired) electrons.